The van der Waals surface area contributed by atoms with Gasteiger partial charge in [-0.1, -0.05) is 30.3 Å². The minimum atomic E-state index is -1.23. The van der Waals surface area contributed by atoms with Crippen LogP contribution in [-0.2, 0) is 9.59 Å². The van der Waals surface area contributed by atoms with Crippen LogP contribution in [0, 0.1) is 5.41 Å². The summed E-state index contributed by atoms with van der Waals surface area (Å²) in [7, 11) is 3.19. The number of nitrogens with zero attached hydrogens (tertiary/aromatic N) is 1. The van der Waals surface area contributed by atoms with Gasteiger partial charge in [0.05, 0.1) is 12.8 Å². The summed E-state index contributed by atoms with van der Waals surface area (Å²) in [5.74, 6) is -0.133. The van der Waals surface area contributed by atoms with Gasteiger partial charge in [-0.3, -0.25) is 9.59 Å². The molecule has 0 unspecified atom stereocenters. The number of nitrogens with one attached hydrogen (secondary N) is 1. The van der Waals surface area contributed by atoms with Gasteiger partial charge in [0.15, 0.2) is 0 Å². The van der Waals surface area contributed by atoms with Crippen molar-refractivity contribution in [2.24, 2.45) is 5.41 Å². The predicted octanol–water partition coefficient (Wildman–Crippen LogP) is 3.32. The first-order chi connectivity index (χ1) is 11.4. The standard InChI is InChI=1S/C19H22N2O3/c1-19(2,18(23)21(3)14-10-6-5-7-11-14)17(22)20-15-12-8-9-13-16(15)24-4/h5-13H,1-4H3,(H,20,22). The lowest BCUT2D eigenvalue weighted by atomic mass is 9.90. The Hall–Kier alpha value is -2.82. The van der Waals surface area contributed by atoms with Crippen molar-refractivity contribution in [1.82, 2.24) is 0 Å². The molecule has 2 amide bonds. The molecule has 0 fully saturated rings. The van der Waals surface area contributed by atoms with Crippen LogP contribution in [0.25, 0.3) is 0 Å². The van der Waals surface area contributed by atoms with Crippen LogP contribution in [0.4, 0.5) is 11.4 Å². The Morgan fingerprint density at radius 2 is 1.58 bits per heavy atom. The third kappa shape index (κ3) is 3.56. The van der Waals surface area contributed by atoms with Gasteiger partial charge < -0.3 is 15.0 Å². The van der Waals surface area contributed by atoms with E-state index < -0.39 is 5.41 Å². The van der Waals surface area contributed by atoms with E-state index in [1.807, 2.05) is 36.4 Å². The molecule has 0 radical (unpaired) electrons. The van der Waals surface area contributed by atoms with Crippen LogP contribution in [0.5, 0.6) is 5.75 Å². The summed E-state index contributed by atoms with van der Waals surface area (Å²) >= 11 is 0. The molecule has 5 heteroatoms. The molecule has 126 valence electrons. The Morgan fingerprint density at radius 3 is 2.21 bits per heavy atom. The zero-order valence-corrected chi connectivity index (χ0v) is 14.4. The van der Waals surface area contributed by atoms with E-state index in [0.29, 0.717) is 11.4 Å². The average Bonchev–Trinajstić information content (AvgIpc) is 2.61. The van der Waals surface area contributed by atoms with Gasteiger partial charge in [-0.15, -0.1) is 0 Å². The van der Waals surface area contributed by atoms with Crippen LogP contribution in [0.2, 0.25) is 0 Å². The van der Waals surface area contributed by atoms with Crippen molar-refractivity contribution in [2.45, 2.75) is 13.8 Å². The molecule has 0 aliphatic rings. The van der Waals surface area contributed by atoms with Gasteiger partial charge in [0, 0.05) is 12.7 Å². The molecule has 2 rings (SSSR count). The molecule has 0 aliphatic heterocycles. The van der Waals surface area contributed by atoms with Crippen LogP contribution in [0.15, 0.2) is 54.6 Å². The lowest BCUT2D eigenvalue weighted by molar-refractivity contribution is -0.136. The van der Waals surface area contributed by atoms with Gasteiger partial charge in [0.2, 0.25) is 11.8 Å². The highest BCUT2D eigenvalue weighted by Crippen LogP contribution is 2.28. The van der Waals surface area contributed by atoms with Gasteiger partial charge in [-0.25, -0.2) is 0 Å². The molecule has 5 nitrogen and oxygen atoms in total. The molecule has 0 spiro atoms. The van der Waals surface area contributed by atoms with Crippen molar-refractivity contribution in [3.8, 4) is 5.75 Å². The molecule has 0 saturated carbocycles. The first kappa shape index (κ1) is 17.5. The fourth-order valence-electron chi connectivity index (χ4n) is 2.31. The number of amides is 2. The van der Waals surface area contributed by atoms with Crippen molar-refractivity contribution in [3.05, 3.63) is 54.6 Å². The first-order valence-electron chi connectivity index (χ1n) is 7.65. The SMILES string of the molecule is COc1ccccc1NC(=O)C(C)(C)C(=O)N(C)c1ccccc1. The number of carbonyl (C=O) groups is 2. The number of hydrogen-bond donors (Lipinski definition) is 1. The van der Waals surface area contributed by atoms with E-state index in [1.54, 1.807) is 39.1 Å². The van der Waals surface area contributed by atoms with Gasteiger partial charge in [-0.05, 0) is 38.1 Å². The number of methoxy groups -OCH3 is 1. The van der Waals surface area contributed by atoms with Crippen LogP contribution >= 0.6 is 0 Å². The topological polar surface area (TPSA) is 58.6 Å². The maximum absolute atomic E-state index is 12.8. The van der Waals surface area contributed by atoms with Crippen molar-refractivity contribution in [3.63, 3.8) is 0 Å². The highest BCUT2D eigenvalue weighted by atomic mass is 16.5. The van der Waals surface area contributed by atoms with E-state index in [-0.39, 0.29) is 11.8 Å². The Bertz CT molecular complexity index is 726. The van der Waals surface area contributed by atoms with Gasteiger partial charge >= 0.3 is 0 Å². The molecule has 0 aliphatic carbocycles. The molecule has 0 heterocycles. The van der Waals surface area contributed by atoms with Crippen molar-refractivity contribution < 1.29 is 14.3 Å². The normalized spacial score (nSPS) is 10.8. The molecule has 1 N–H and O–H groups in total. The number of rotatable bonds is 5. The summed E-state index contributed by atoms with van der Waals surface area (Å²) in [4.78, 5) is 26.9. The summed E-state index contributed by atoms with van der Waals surface area (Å²) in [6.45, 7) is 3.22. The fraction of sp³-hybridized carbons (Fsp3) is 0.263. The summed E-state index contributed by atoms with van der Waals surface area (Å²) < 4.78 is 5.23. The van der Waals surface area contributed by atoms with Crippen LogP contribution < -0.4 is 15.0 Å². The lowest BCUT2D eigenvalue weighted by Crippen LogP contribution is -2.46. The minimum Gasteiger partial charge on any atom is -0.495 e. The van der Waals surface area contributed by atoms with Gasteiger partial charge in [0.25, 0.3) is 0 Å². The van der Waals surface area contributed by atoms with Crippen LogP contribution in [0.3, 0.4) is 0 Å². The zero-order valence-electron chi connectivity index (χ0n) is 14.4. The number of para-hydroxylation sites is 3. The summed E-state index contributed by atoms with van der Waals surface area (Å²) in [6, 6.07) is 16.3. The summed E-state index contributed by atoms with van der Waals surface area (Å²) in [6.07, 6.45) is 0. The van der Waals surface area contributed by atoms with E-state index >= 15 is 0 Å². The number of benzene rings is 2. The monoisotopic (exact) mass is 326 g/mol. The quantitative estimate of drug-likeness (QED) is 0.858. The summed E-state index contributed by atoms with van der Waals surface area (Å²) in [5, 5.41) is 2.78. The second kappa shape index (κ2) is 7.17. The minimum absolute atomic E-state index is 0.291. The number of carbonyl (C=O) groups excluding carboxylic acids is 2. The maximum Gasteiger partial charge on any atom is 0.241 e. The molecule has 2 aromatic rings. The molecule has 2 aromatic carbocycles. The molecular formula is C19H22N2O3. The largest absolute Gasteiger partial charge is 0.495 e. The van der Waals surface area contributed by atoms with E-state index in [4.69, 9.17) is 4.74 Å². The van der Waals surface area contributed by atoms with E-state index in [1.165, 1.54) is 12.0 Å². The van der Waals surface area contributed by atoms with Gasteiger partial charge in [0.1, 0.15) is 11.2 Å². The van der Waals surface area contributed by atoms with E-state index in [0.717, 1.165) is 5.69 Å². The highest BCUT2D eigenvalue weighted by molar-refractivity contribution is 6.14. The Balaban J connectivity index is 2.19. The van der Waals surface area contributed by atoms with Gasteiger partial charge in [-0.2, -0.15) is 0 Å². The molecule has 0 saturated heterocycles. The van der Waals surface area contributed by atoms with Crippen molar-refractivity contribution in [1.29, 1.82) is 0 Å². The number of anilines is 2. The molecule has 0 bridgehead atoms. The average molecular weight is 326 g/mol. The van der Waals surface area contributed by atoms with Crippen molar-refractivity contribution in [2.75, 3.05) is 24.4 Å². The molecule has 0 aromatic heterocycles. The molecule has 24 heavy (non-hydrogen) atoms. The second-order valence-corrected chi connectivity index (χ2v) is 5.98. The maximum atomic E-state index is 12.8. The van der Waals surface area contributed by atoms with E-state index in [2.05, 4.69) is 5.32 Å². The smallest absolute Gasteiger partial charge is 0.241 e. The second-order valence-electron chi connectivity index (χ2n) is 5.98. The molecular weight excluding hydrogens is 304 g/mol. The van der Waals surface area contributed by atoms with Crippen molar-refractivity contribution >= 4 is 23.2 Å². The highest BCUT2D eigenvalue weighted by Gasteiger charge is 2.38. The predicted molar refractivity (Wildman–Crippen MR) is 95.3 cm³/mol. The number of hydrogen-bond acceptors (Lipinski definition) is 3. The third-order valence-corrected chi connectivity index (χ3v) is 3.91. The van der Waals surface area contributed by atoms with E-state index in [9.17, 15) is 9.59 Å². The van der Waals surface area contributed by atoms with Crippen LogP contribution in [0.1, 0.15) is 13.8 Å². The summed E-state index contributed by atoms with van der Waals surface area (Å²) in [5.41, 5.74) is 0.0414. The zero-order chi connectivity index (χ0) is 17.7. The third-order valence-electron chi connectivity index (χ3n) is 3.91. The Morgan fingerprint density at radius 1 is 1.00 bits per heavy atom. The van der Waals surface area contributed by atoms with Crippen LogP contribution in [-0.4, -0.2) is 26.0 Å². The first-order valence-corrected chi connectivity index (χ1v) is 7.65. The number of ether oxygens (including phenoxy) is 1. The fourth-order valence-corrected chi connectivity index (χ4v) is 2.31. The Labute approximate surface area is 142 Å². The Kier molecular flexibility index (Phi) is 5.24. The molecule has 0 atom stereocenters. The lowest BCUT2D eigenvalue weighted by Gasteiger charge is -2.28.